The summed E-state index contributed by atoms with van der Waals surface area (Å²) in [5.41, 5.74) is 1.85. The number of ketones is 1. The van der Waals surface area contributed by atoms with Gasteiger partial charge in [0, 0.05) is 18.7 Å². The SMILES string of the molecule is Cc1ccccc1C(=O)CN1CCC(O)CC1. The van der Waals surface area contributed by atoms with E-state index in [2.05, 4.69) is 4.90 Å². The van der Waals surface area contributed by atoms with Gasteiger partial charge in [-0.2, -0.15) is 0 Å². The molecule has 1 fully saturated rings. The van der Waals surface area contributed by atoms with Crippen molar-refractivity contribution in [1.29, 1.82) is 0 Å². The summed E-state index contributed by atoms with van der Waals surface area (Å²) in [5, 5.41) is 9.41. The molecule has 92 valence electrons. The summed E-state index contributed by atoms with van der Waals surface area (Å²) in [6, 6.07) is 7.70. The number of likely N-dealkylation sites (tertiary alicyclic amines) is 1. The summed E-state index contributed by atoms with van der Waals surface area (Å²) in [6.07, 6.45) is 1.38. The lowest BCUT2D eigenvalue weighted by molar-refractivity contribution is 0.0710. The summed E-state index contributed by atoms with van der Waals surface area (Å²) in [6.45, 7) is 4.07. The van der Waals surface area contributed by atoms with Crippen molar-refractivity contribution in [3.05, 3.63) is 35.4 Å². The van der Waals surface area contributed by atoms with Crippen molar-refractivity contribution in [3.8, 4) is 0 Å². The zero-order valence-electron chi connectivity index (χ0n) is 10.2. The highest BCUT2D eigenvalue weighted by atomic mass is 16.3. The number of piperidine rings is 1. The molecule has 0 bridgehead atoms. The minimum atomic E-state index is -0.181. The van der Waals surface area contributed by atoms with Crippen LogP contribution < -0.4 is 0 Å². The molecule has 1 aliphatic rings. The molecule has 3 nitrogen and oxygen atoms in total. The third-order valence-corrected chi connectivity index (χ3v) is 3.37. The van der Waals surface area contributed by atoms with Gasteiger partial charge in [0.1, 0.15) is 0 Å². The number of aliphatic hydroxyl groups excluding tert-OH is 1. The van der Waals surface area contributed by atoms with Gasteiger partial charge in [-0.3, -0.25) is 9.69 Å². The maximum Gasteiger partial charge on any atom is 0.177 e. The van der Waals surface area contributed by atoms with Gasteiger partial charge in [0.15, 0.2) is 5.78 Å². The molecule has 0 atom stereocenters. The predicted octanol–water partition coefficient (Wildman–Crippen LogP) is 1.63. The molecule has 0 amide bonds. The van der Waals surface area contributed by atoms with Crippen LogP contribution in [0.4, 0.5) is 0 Å². The van der Waals surface area contributed by atoms with Crippen LogP contribution in [0, 0.1) is 6.92 Å². The Morgan fingerprint density at radius 1 is 1.35 bits per heavy atom. The third-order valence-electron chi connectivity index (χ3n) is 3.37. The van der Waals surface area contributed by atoms with Crippen LogP contribution in [0.15, 0.2) is 24.3 Å². The molecule has 17 heavy (non-hydrogen) atoms. The van der Waals surface area contributed by atoms with Gasteiger partial charge < -0.3 is 5.11 Å². The smallest absolute Gasteiger partial charge is 0.177 e. The van der Waals surface area contributed by atoms with E-state index in [0.29, 0.717) is 6.54 Å². The molecule has 0 saturated carbocycles. The Balaban J connectivity index is 1.96. The summed E-state index contributed by atoms with van der Waals surface area (Å²) >= 11 is 0. The molecule has 1 heterocycles. The minimum absolute atomic E-state index is 0.180. The van der Waals surface area contributed by atoms with Crippen molar-refractivity contribution < 1.29 is 9.90 Å². The van der Waals surface area contributed by atoms with Crippen LogP contribution in [0.3, 0.4) is 0 Å². The predicted molar refractivity (Wildman–Crippen MR) is 67.2 cm³/mol. The van der Waals surface area contributed by atoms with Crippen molar-refractivity contribution in [1.82, 2.24) is 4.90 Å². The monoisotopic (exact) mass is 233 g/mol. The second kappa shape index (κ2) is 5.43. The Bertz CT molecular complexity index is 395. The van der Waals surface area contributed by atoms with E-state index in [-0.39, 0.29) is 11.9 Å². The van der Waals surface area contributed by atoms with Crippen LogP contribution >= 0.6 is 0 Å². The average Bonchev–Trinajstić information content (AvgIpc) is 2.32. The van der Waals surface area contributed by atoms with Crippen molar-refractivity contribution in [2.75, 3.05) is 19.6 Å². The van der Waals surface area contributed by atoms with Crippen LogP contribution in [0.5, 0.6) is 0 Å². The zero-order chi connectivity index (χ0) is 12.3. The van der Waals surface area contributed by atoms with Crippen LogP contribution in [-0.2, 0) is 0 Å². The van der Waals surface area contributed by atoms with E-state index in [1.165, 1.54) is 0 Å². The molecule has 3 heteroatoms. The lowest BCUT2D eigenvalue weighted by Gasteiger charge is -2.28. The first-order chi connectivity index (χ1) is 8.16. The number of aliphatic hydroxyl groups is 1. The van der Waals surface area contributed by atoms with Gasteiger partial charge in [0.2, 0.25) is 0 Å². The molecule has 1 saturated heterocycles. The molecular formula is C14H19NO2. The first-order valence-electron chi connectivity index (χ1n) is 6.16. The Labute approximate surface area is 102 Å². The van der Waals surface area contributed by atoms with Gasteiger partial charge in [-0.05, 0) is 25.3 Å². The van der Waals surface area contributed by atoms with Crippen molar-refractivity contribution in [2.24, 2.45) is 0 Å². The van der Waals surface area contributed by atoms with Gasteiger partial charge in [0.05, 0.1) is 12.6 Å². The molecule has 1 N–H and O–H groups in total. The second-order valence-corrected chi connectivity index (χ2v) is 4.75. The van der Waals surface area contributed by atoms with E-state index >= 15 is 0 Å². The fourth-order valence-corrected chi connectivity index (χ4v) is 2.25. The number of rotatable bonds is 3. The number of Topliss-reactive ketones (excluding diaryl/α,β-unsaturated/α-hetero) is 1. The molecule has 0 radical (unpaired) electrons. The first-order valence-corrected chi connectivity index (χ1v) is 6.16. The van der Waals surface area contributed by atoms with E-state index in [1.807, 2.05) is 31.2 Å². The molecule has 1 aliphatic heterocycles. The van der Waals surface area contributed by atoms with Crippen molar-refractivity contribution in [2.45, 2.75) is 25.9 Å². The number of nitrogens with zero attached hydrogens (tertiary/aromatic N) is 1. The highest BCUT2D eigenvalue weighted by Crippen LogP contribution is 2.13. The van der Waals surface area contributed by atoms with Crippen LogP contribution in [0.2, 0.25) is 0 Å². The van der Waals surface area contributed by atoms with Gasteiger partial charge in [0.25, 0.3) is 0 Å². The molecule has 0 spiro atoms. The number of carbonyl (C=O) groups is 1. The maximum absolute atomic E-state index is 12.1. The lowest BCUT2D eigenvalue weighted by Crippen LogP contribution is -2.39. The van der Waals surface area contributed by atoms with Gasteiger partial charge in [-0.1, -0.05) is 24.3 Å². The highest BCUT2D eigenvalue weighted by Gasteiger charge is 2.19. The summed E-state index contributed by atoms with van der Waals surface area (Å²) in [4.78, 5) is 14.2. The van der Waals surface area contributed by atoms with E-state index < -0.39 is 0 Å². The van der Waals surface area contributed by atoms with Gasteiger partial charge in [-0.25, -0.2) is 0 Å². The van der Waals surface area contributed by atoms with E-state index in [4.69, 9.17) is 0 Å². The number of hydrogen-bond acceptors (Lipinski definition) is 3. The van der Waals surface area contributed by atoms with Gasteiger partial charge in [-0.15, -0.1) is 0 Å². The van der Waals surface area contributed by atoms with Crippen LogP contribution in [-0.4, -0.2) is 41.5 Å². The molecule has 0 unspecified atom stereocenters. The van der Waals surface area contributed by atoms with Gasteiger partial charge >= 0.3 is 0 Å². The molecule has 1 aromatic carbocycles. The second-order valence-electron chi connectivity index (χ2n) is 4.75. The third kappa shape index (κ3) is 3.14. The highest BCUT2D eigenvalue weighted by molar-refractivity contribution is 5.98. The largest absolute Gasteiger partial charge is 0.393 e. The maximum atomic E-state index is 12.1. The topological polar surface area (TPSA) is 40.5 Å². The molecule has 2 rings (SSSR count). The lowest BCUT2D eigenvalue weighted by atomic mass is 10.0. The summed E-state index contributed by atoms with van der Waals surface area (Å²) < 4.78 is 0. The quantitative estimate of drug-likeness (QED) is 0.807. The summed E-state index contributed by atoms with van der Waals surface area (Å²) in [7, 11) is 0. The fourth-order valence-electron chi connectivity index (χ4n) is 2.25. The molecule has 1 aromatic rings. The number of hydrogen-bond donors (Lipinski definition) is 1. The van der Waals surface area contributed by atoms with Crippen molar-refractivity contribution in [3.63, 3.8) is 0 Å². The minimum Gasteiger partial charge on any atom is -0.393 e. The van der Waals surface area contributed by atoms with E-state index in [9.17, 15) is 9.90 Å². The Kier molecular flexibility index (Phi) is 3.92. The normalized spacial score (nSPS) is 18.2. The standard InChI is InChI=1S/C14H19NO2/c1-11-4-2-3-5-13(11)14(17)10-15-8-6-12(16)7-9-15/h2-5,12,16H,6-10H2,1H3. The number of benzene rings is 1. The van der Waals surface area contributed by atoms with Crippen molar-refractivity contribution >= 4 is 5.78 Å². The van der Waals surface area contributed by atoms with Crippen LogP contribution in [0.25, 0.3) is 0 Å². The Morgan fingerprint density at radius 2 is 2.00 bits per heavy atom. The van der Waals surface area contributed by atoms with Crippen LogP contribution in [0.1, 0.15) is 28.8 Å². The number of carbonyl (C=O) groups excluding carboxylic acids is 1. The number of aryl methyl sites for hydroxylation is 1. The zero-order valence-corrected chi connectivity index (χ0v) is 10.2. The molecular weight excluding hydrogens is 214 g/mol. The fraction of sp³-hybridized carbons (Fsp3) is 0.500. The van der Waals surface area contributed by atoms with E-state index in [0.717, 1.165) is 37.1 Å². The Morgan fingerprint density at radius 3 is 2.65 bits per heavy atom. The first kappa shape index (κ1) is 12.3. The summed E-state index contributed by atoms with van der Waals surface area (Å²) in [5.74, 6) is 0.180. The molecule has 0 aliphatic carbocycles. The van der Waals surface area contributed by atoms with E-state index in [1.54, 1.807) is 0 Å². The Hall–Kier alpha value is -1.19. The molecule has 0 aromatic heterocycles. The average molecular weight is 233 g/mol.